The molecule has 0 amide bonds. The van der Waals surface area contributed by atoms with Crippen LogP contribution in [0.2, 0.25) is 19.6 Å². The van der Waals surface area contributed by atoms with Crippen LogP contribution in [0.15, 0.2) is 22.8 Å². The predicted molar refractivity (Wildman–Crippen MR) is 94.0 cm³/mol. The predicted octanol–water partition coefficient (Wildman–Crippen LogP) is 4.93. The van der Waals surface area contributed by atoms with Crippen LogP contribution in [0, 0.1) is 0 Å². The summed E-state index contributed by atoms with van der Waals surface area (Å²) >= 11 is 7.09. The number of ether oxygens (including phenoxy) is 1. The molecule has 0 saturated carbocycles. The number of hydrogen-bond donors (Lipinski definition) is 0. The summed E-state index contributed by atoms with van der Waals surface area (Å²) in [6.07, 6.45) is 1.89. The quantitative estimate of drug-likeness (QED) is 0.507. The largest absolute Gasteiger partial charge is 0.360 e. The normalized spacial score (nSPS) is 13.9. The summed E-state index contributed by atoms with van der Waals surface area (Å²) in [5, 5.41) is 6.39. The van der Waals surface area contributed by atoms with Crippen molar-refractivity contribution in [1.82, 2.24) is 9.78 Å². The van der Waals surface area contributed by atoms with Crippen molar-refractivity contribution in [2.75, 3.05) is 0 Å². The number of fused-ring (bicyclic) bond motifs is 1. The van der Waals surface area contributed by atoms with Crippen molar-refractivity contribution in [2.24, 2.45) is 0 Å². The smallest absolute Gasteiger partial charge is 0.139 e. The number of benzene rings is 1. The molecule has 1 unspecified atom stereocenters. The molecule has 1 atom stereocenters. The molecule has 2 aromatic rings. The summed E-state index contributed by atoms with van der Waals surface area (Å²) in [4.78, 5) is 0. The topological polar surface area (TPSA) is 27.1 Å². The van der Waals surface area contributed by atoms with Crippen LogP contribution in [0.25, 0.3) is 10.9 Å². The van der Waals surface area contributed by atoms with E-state index in [0.29, 0.717) is 12.5 Å². The third kappa shape index (κ3) is 3.53. The van der Waals surface area contributed by atoms with E-state index < -0.39 is 8.07 Å². The Labute approximate surface area is 138 Å². The first-order valence-corrected chi connectivity index (χ1v) is 12.1. The van der Waals surface area contributed by atoms with Crippen molar-refractivity contribution < 1.29 is 4.74 Å². The van der Waals surface area contributed by atoms with Crippen molar-refractivity contribution >= 4 is 50.8 Å². The number of rotatable bonds is 5. The number of halogens is 2. The van der Waals surface area contributed by atoms with Crippen molar-refractivity contribution in [3.05, 3.63) is 28.4 Å². The van der Waals surface area contributed by atoms with E-state index >= 15 is 0 Å². The average molecular weight is 420 g/mol. The standard InChI is InChI=1S/C14H20Br2N2OSi/c1-10(20(2,3)4)19-9-18-14-6-11(7-15)13(16)5-12(14)8-17-18/h5-6,8,10H,7,9H2,1-4H3. The Morgan fingerprint density at radius 1 is 1.35 bits per heavy atom. The molecular weight excluding hydrogens is 400 g/mol. The number of hydrogen-bond acceptors (Lipinski definition) is 2. The SMILES string of the molecule is CC(OCn1ncc2cc(Br)c(CBr)cc21)[Si](C)(C)C. The lowest BCUT2D eigenvalue weighted by Gasteiger charge is -2.25. The molecule has 1 aromatic heterocycles. The molecule has 0 aliphatic heterocycles. The Kier molecular flexibility index (Phi) is 5.10. The van der Waals surface area contributed by atoms with E-state index in [1.807, 2.05) is 10.9 Å². The second kappa shape index (κ2) is 6.30. The van der Waals surface area contributed by atoms with Gasteiger partial charge in [-0.25, -0.2) is 4.68 Å². The van der Waals surface area contributed by atoms with Gasteiger partial charge in [0, 0.05) is 20.9 Å². The van der Waals surface area contributed by atoms with Gasteiger partial charge in [0.2, 0.25) is 0 Å². The molecular formula is C14H20Br2N2OSi. The molecule has 110 valence electrons. The van der Waals surface area contributed by atoms with Gasteiger partial charge in [-0.1, -0.05) is 51.5 Å². The minimum Gasteiger partial charge on any atom is -0.360 e. The molecule has 2 rings (SSSR count). The van der Waals surface area contributed by atoms with Gasteiger partial charge in [0.1, 0.15) is 6.73 Å². The Hall–Kier alpha value is -0.173. The van der Waals surface area contributed by atoms with Gasteiger partial charge in [0.25, 0.3) is 0 Å². The van der Waals surface area contributed by atoms with Gasteiger partial charge in [-0.15, -0.1) is 0 Å². The zero-order valence-electron chi connectivity index (χ0n) is 12.3. The van der Waals surface area contributed by atoms with E-state index in [1.54, 1.807) is 0 Å². The zero-order chi connectivity index (χ0) is 14.9. The Morgan fingerprint density at radius 3 is 2.65 bits per heavy atom. The second-order valence-electron chi connectivity index (χ2n) is 6.08. The number of alkyl halides is 1. The highest BCUT2D eigenvalue weighted by Crippen LogP contribution is 2.26. The van der Waals surface area contributed by atoms with Crippen molar-refractivity contribution in [1.29, 1.82) is 0 Å². The molecule has 0 radical (unpaired) electrons. The maximum atomic E-state index is 6.00. The number of nitrogens with zero attached hydrogens (tertiary/aromatic N) is 2. The fourth-order valence-corrected chi connectivity index (χ4v) is 3.70. The molecule has 1 heterocycles. The third-order valence-corrected chi connectivity index (χ3v) is 7.57. The molecule has 0 aliphatic rings. The van der Waals surface area contributed by atoms with E-state index in [4.69, 9.17) is 4.74 Å². The molecule has 0 spiro atoms. The van der Waals surface area contributed by atoms with Crippen LogP contribution in [0.5, 0.6) is 0 Å². The van der Waals surface area contributed by atoms with Gasteiger partial charge >= 0.3 is 0 Å². The van der Waals surface area contributed by atoms with Gasteiger partial charge < -0.3 is 4.74 Å². The minimum absolute atomic E-state index is 0.313. The van der Waals surface area contributed by atoms with Crippen molar-refractivity contribution in [2.45, 2.75) is 44.4 Å². The molecule has 1 aromatic carbocycles. The summed E-state index contributed by atoms with van der Waals surface area (Å²) in [5.74, 6) is 0. The first-order chi connectivity index (χ1) is 9.32. The summed E-state index contributed by atoms with van der Waals surface area (Å²) in [6.45, 7) is 9.63. The maximum Gasteiger partial charge on any atom is 0.139 e. The van der Waals surface area contributed by atoms with Crippen LogP contribution in [0.1, 0.15) is 12.5 Å². The molecule has 0 aliphatic carbocycles. The van der Waals surface area contributed by atoms with E-state index in [1.165, 1.54) is 5.56 Å². The fraction of sp³-hybridized carbons (Fsp3) is 0.500. The molecule has 6 heteroatoms. The summed E-state index contributed by atoms with van der Waals surface area (Å²) in [6, 6.07) is 4.26. The molecule has 0 saturated heterocycles. The highest BCUT2D eigenvalue weighted by molar-refractivity contribution is 9.10. The van der Waals surface area contributed by atoms with Crippen LogP contribution in [-0.2, 0) is 16.8 Å². The van der Waals surface area contributed by atoms with Gasteiger partial charge in [-0.2, -0.15) is 5.10 Å². The van der Waals surface area contributed by atoms with Gasteiger partial charge in [-0.05, 0) is 24.6 Å². The zero-order valence-corrected chi connectivity index (χ0v) is 16.5. The average Bonchev–Trinajstić information content (AvgIpc) is 2.75. The monoisotopic (exact) mass is 418 g/mol. The van der Waals surface area contributed by atoms with Crippen LogP contribution in [0.3, 0.4) is 0 Å². The maximum absolute atomic E-state index is 6.00. The lowest BCUT2D eigenvalue weighted by Crippen LogP contribution is -2.38. The summed E-state index contributed by atoms with van der Waals surface area (Å²) in [7, 11) is -1.27. The first kappa shape index (κ1) is 16.2. The highest BCUT2D eigenvalue weighted by Gasteiger charge is 2.23. The van der Waals surface area contributed by atoms with Crippen LogP contribution < -0.4 is 0 Å². The minimum atomic E-state index is -1.27. The van der Waals surface area contributed by atoms with Crippen LogP contribution >= 0.6 is 31.9 Å². The Bertz CT molecular complexity index is 607. The van der Waals surface area contributed by atoms with E-state index in [0.717, 1.165) is 20.7 Å². The molecule has 0 N–H and O–H groups in total. The molecule has 0 fully saturated rings. The lowest BCUT2D eigenvalue weighted by molar-refractivity contribution is 0.0518. The Balaban J connectivity index is 2.23. The van der Waals surface area contributed by atoms with E-state index in [-0.39, 0.29) is 0 Å². The first-order valence-electron chi connectivity index (χ1n) is 6.64. The van der Waals surface area contributed by atoms with Crippen LogP contribution in [-0.4, -0.2) is 23.6 Å². The van der Waals surface area contributed by atoms with Gasteiger partial charge in [0.15, 0.2) is 0 Å². The van der Waals surface area contributed by atoms with Crippen molar-refractivity contribution in [3.8, 4) is 0 Å². The molecule has 20 heavy (non-hydrogen) atoms. The van der Waals surface area contributed by atoms with Crippen LogP contribution in [0.4, 0.5) is 0 Å². The second-order valence-corrected chi connectivity index (χ2v) is 13.0. The number of aromatic nitrogens is 2. The molecule has 0 bridgehead atoms. The van der Waals surface area contributed by atoms with E-state index in [2.05, 4.69) is 75.7 Å². The van der Waals surface area contributed by atoms with Gasteiger partial charge in [-0.3, -0.25) is 0 Å². The summed E-state index contributed by atoms with van der Waals surface area (Å²) < 4.78 is 9.05. The Morgan fingerprint density at radius 2 is 2.05 bits per heavy atom. The molecule has 3 nitrogen and oxygen atoms in total. The van der Waals surface area contributed by atoms with Crippen molar-refractivity contribution in [3.63, 3.8) is 0 Å². The third-order valence-electron chi connectivity index (χ3n) is 3.62. The summed E-state index contributed by atoms with van der Waals surface area (Å²) in [5.41, 5.74) is 2.65. The van der Waals surface area contributed by atoms with E-state index in [9.17, 15) is 0 Å². The van der Waals surface area contributed by atoms with Gasteiger partial charge in [0.05, 0.1) is 19.8 Å². The fourth-order valence-electron chi connectivity index (χ4n) is 1.78. The highest BCUT2D eigenvalue weighted by atomic mass is 79.9. The lowest BCUT2D eigenvalue weighted by atomic mass is 10.2.